The van der Waals surface area contributed by atoms with Gasteiger partial charge < -0.3 is 4.98 Å². The number of benzene rings is 2. The Morgan fingerprint density at radius 3 is 2.69 bits per heavy atom. The van der Waals surface area contributed by atoms with Crippen LogP contribution in [0.15, 0.2) is 83.0 Å². The van der Waals surface area contributed by atoms with Crippen LogP contribution in [0.5, 0.6) is 0 Å². The molecule has 0 atom stereocenters. The monoisotopic (exact) mass is 398 g/mol. The maximum Gasteiger partial charge on any atom is 0.283 e. The smallest absolute Gasteiger partial charge is 0.283 e. The summed E-state index contributed by atoms with van der Waals surface area (Å²) in [6.45, 7) is 2.01. The fourth-order valence-electron chi connectivity index (χ4n) is 3.50. The van der Waals surface area contributed by atoms with Crippen LogP contribution in [0.1, 0.15) is 11.1 Å². The molecule has 142 valence electrons. The van der Waals surface area contributed by atoms with Crippen molar-refractivity contribution in [3.8, 4) is 5.69 Å². The van der Waals surface area contributed by atoms with Crippen LogP contribution in [0.2, 0.25) is 0 Å². The van der Waals surface area contributed by atoms with E-state index in [-0.39, 0.29) is 5.56 Å². The molecule has 6 heteroatoms. The van der Waals surface area contributed by atoms with Crippen molar-refractivity contribution in [1.82, 2.24) is 19.5 Å². The molecule has 5 aromatic rings. The lowest BCUT2D eigenvalue weighted by Crippen LogP contribution is -2.22. The summed E-state index contributed by atoms with van der Waals surface area (Å²) in [5.41, 5.74) is 5.02. The average Bonchev–Trinajstić information content (AvgIpc) is 3.13. The number of aryl methyl sites for hydroxylation is 1. The minimum absolute atomic E-state index is 0.0887. The van der Waals surface area contributed by atoms with Gasteiger partial charge in [-0.25, -0.2) is 4.98 Å². The summed E-state index contributed by atoms with van der Waals surface area (Å²) >= 11 is 1.54. The molecule has 0 aliphatic carbocycles. The van der Waals surface area contributed by atoms with Gasteiger partial charge in [0.25, 0.3) is 5.56 Å². The molecule has 3 aromatic heterocycles. The predicted molar refractivity (Wildman–Crippen MR) is 118 cm³/mol. The normalized spacial score (nSPS) is 11.3. The Balaban J connectivity index is 1.75. The molecule has 0 radical (unpaired) electrons. The third kappa shape index (κ3) is 3.11. The molecule has 0 bridgehead atoms. The van der Waals surface area contributed by atoms with Gasteiger partial charge in [0, 0.05) is 29.0 Å². The van der Waals surface area contributed by atoms with Crippen molar-refractivity contribution < 1.29 is 0 Å². The molecule has 0 saturated heterocycles. The van der Waals surface area contributed by atoms with Gasteiger partial charge in [-0.1, -0.05) is 54.2 Å². The Morgan fingerprint density at radius 2 is 1.86 bits per heavy atom. The number of hydrogen-bond donors (Lipinski definition) is 1. The summed E-state index contributed by atoms with van der Waals surface area (Å²) in [5.74, 6) is 0.681. The van der Waals surface area contributed by atoms with Crippen LogP contribution in [0, 0.1) is 6.92 Å². The lowest BCUT2D eigenvalue weighted by atomic mass is 10.2. The van der Waals surface area contributed by atoms with Gasteiger partial charge in [-0.2, -0.15) is 0 Å². The van der Waals surface area contributed by atoms with E-state index in [9.17, 15) is 4.79 Å². The highest BCUT2D eigenvalue weighted by Crippen LogP contribution is 2.28. The van der Waals surface area contributed by atoms with Crippen LogP contribution in [0.3, 0.4) is 0 Å². The summed E-state index contributed by atoms with van der Waals surface area (Å²) in [4.78, 5) is 25.9. The fourth-order valence-corrected chi connectivity index (χ4v) is 4.43. The van der Waals surface area contributed by atoms with Crippen LogP contribution < -0.4 is 5.56 Å². The van der Waals surface area contributed by atoms with E-state index in [1.807, 2.05) is 73.8 Å². The van der Waals surface area contributed by atoms with E-state index in [0.29, 0.717) is 21.9 Å². The number of thioether (sulfide) groups is 1. The molecule has 0 fully saturated rings. The first-order valence-electron chi connectivity index (χ1n) is 9.33. The van der Waals surface area contributed by atoms with E-state index in [4.69, 9.17) is 4.98 Å². The highest BCUT2D eigenvalue weighted by molar-refractivity contribution is 7.98. The largest absolute Gasteiger partial charge is 0.349 e. The van der Waals surface area contributed by atoms with Crippen molar-refractivity contribution in [3.05, 3.63) is 94.5 Å². The van der Waals surface area contributed by atoms with Gasteiger partial charge in [0.2, 0.25) is 0 Å². The van der Waals surface area contributed by atoms with E-state index >= 15 is 0 Å². The number of nitrogens with one attached hydrogen (secondary N) is 1. The molecule has 0 unspecified atom stereocenters. The number of rotatable bonds is 4. The Bertz CT molecular complexity index is 1390. The minimum atomic E-state index is -0.0887. The van der Waals surface area contributed by atoms with Gasteiger partial charge in [-0.15, -0.1) is 0 Å². The zero-order valence-corrected chi connectivity index (χ0v) is 16.6. The summed E-state index contributed by atoms with van der Waals surface area (Å²) in [6.07, 6.45) is 3.60. The minimum Gasteiger partial charge on any atom is -0.349 e. The molecule has 3 heterocycles. The second kappa shape index (κ2) is 7.22. The molecule has 0 spiro atoms. The Hall–Kier alpha value is -3.38. The topological polar surface area (TPSA) is 63.6 Å². The van der Waals surface area contributed by atoms with Crippen LogP contribution in [0.25, 0.3) is 27.6 Å². The zero-order chi connectivity index (χ0) is 19.8. The van der Waals surface area contributed by atoms with Crippen molar-refractivity contribution in [2.45, 2.75) is 17.8 Å². The Kier molecular flexibility index (Phi) is 4.41. The Morgan fingerprint density at radius 1 is 1.03 bits per heavy atom. The predicted octanol–water partition coefficient (Wildman–Crippen LogP) is 4.86. The highest BCUT2D eigenvalue weighted by Gasteiger charge is 2.18. The number of aromatic nitrogens is 4. The standard InChI is InChI=1S/C23H18N4OS/c1-15-7-2-5-11-19(15)27-22(28)21-20(17-9-3-4-10-18(17)25-21)26-23(27)29-14-16-8-6-12-24-13-16/h2-13,25H,14H2,1H3. The molecule has 0 aliphatic heterocycles. The van der Waals surface area contributed by atoms with Crippen molar-refractivity contribution in [2.75, 3.05) is 0 Å². The molecule has 0 amide bonds. The summed E-state index contributed by atoms with van der Waals surface area (Å²) in [6, 6.07) is 19.7. The van der Waals surface area contributed by atoms with Crippen molar-refractivity contribution in [2.24, 2.45) is 0 Å². The SMILES string of the molecule is Cc1ccccc1-n1c(SCc2cccnc2)nc2c([nH]c3ccccc32)c1=O. The number of pyridine rings is 1. The van der Waals surface area contributed by atoms with Crippen molar-refractivity contribution >= 4 is 33.7 Å². The third-order valence-corrected chi connectivity index (χ3v) is 5.95. The molecule has 5 rings (SSSR count). The molecule has 1 N–H and O–H groups in total. The molecule has 5 nitrogen and oxygen atoms in total. The second-order valence-electron chi connectivity index (χ2n) is 6.87. The van der Waals surface area contributed by atoms with Gasteiger partial charge in [-0.3, -0.25) is 14.3 Å². The maximum absolute atomic E-state index is 13.5. The van der Waals surface area contributed by atoms with Crippen molar-refractivity contribution in [1.29, 1.82) is 0 Å². The van der Waals surface area contributed by atoms with E-state index in [0.717, 1.165) is 27.7 Å². The number of aromatic amines is 1. The lowest BCUT2D eigenvalue weighted by molar-refractivity contribution is 0.813. The van der Waals surface area contributed by atoms with Gasteiger partial charge in [0.1, 0.15) is 11.0 Å². The van der Waals surface area contributed by atoms with Crippen LogP contribution in [-0.2, 0) is 5.75 Å². The molecular formula is C23H18N4OS. The van der Waals surface area contributed by atoms with E-state index in [1.54, 1.807) is 22.5 Å². The van der Waals surface area contributed by atoms with Crippen molar-refractivity contribution in [3.63, 3.8) is 0 Å². The van der Waals surface area contributed by atoms with Gasteiger partial charge in [0.05, 0.1) is 5.69 Å². The number of nitrogens with zero attached hydrogens (tertiary/aromatic N) is 3. The molecule has 0 saturated carbocycles. The number of hydrogen-bond acceptors (Lipinski definition) is 4. The highest BCUT2D eigenvalue weighted by atomic mass is 32.2. The van der Waals surface area contributed by atoms with Gasteiger partial charge >= 0.3 is 0 Å². The molecular weight excluding hydrogens is 380 g/mol. The van der Waals surface area contributed by atoms with Gasteiger partial charge in [-0.05, 0) is 36.2 Å². The van der Waals surface area contributed by atoms with Crippen LogP contribution in [0.4, 0.5) is 0 Å². The average molecular weight is 398 g/mol. The zero-order valence-electron chi connectivity index (χ0n) is 15.8. The first-order valence-corrected chi connectivity index (χ1v) is 10.3. The Labute approximate surface area is 171 Å². The number of H-pyrrole nitrogens is 1. The van der Waals surface area contributed by atoms with Crippen LogP contribution >= 0.6 is 11.8 Å². The van der Waals surface area contributed by atoms with E-state index < -0.39 is 0 Å². The summed E-state index contributed by atoms with van der Waals surface area (Å²) in [5, 5.41) is 1.63. The van der Waals surface area contributed by atoms with Crippen LogP contribution in [-0.4, -0.2) is 19.5 Å². The second-order valence-corrected chi connectivity index (χ2v) is 7.81. The quantitative estimate of drug-likeness (QED) is 0.347. The summed E-state index contributed by atoms with van der Waals surface area (Å²) in [7, 11) is 0. The third-order valence-electron chi connectivity index (χ3n) is 4.94. The van der Waals surface area contributed by atoms with E-state index in [1.165, 1.54) is 0 Å². The lowest BCUT2D eigenvalue weighted by Gasteiger charge is -2.14. The fraction of sp³-hybridized carbons (Fsp3) is 0.0870. The maximum atomic E-state index is 13.5. The molecule has 29 heavy (non-hydrogen) atoms. The molecule has 2 aromatic carbocycles. The number of para-hydroxylation sites is 2. The first-order chi connectivity index (χ1) is 14.2. The number of fused-ring (bicyclic) bond motifs is 3. The van der Waals surface area contributed by atoms with Gasteiger partial charge in [0.15, 0.2) is 5.16 Å². The van der Waals surface area contributed by atoms with E-state index in [2.05, 4.69) is 9.97 Å². The summed E-state index contributed by atoms with van der Waals surface area (Å²) < 4.78 is 1.72. The molecule has 0 aliphatic rings. The first kappa shape index (κ1) is 17.7.